The number of fused-ring (bicyclic) bond motifs is 1. The van der Waals surface area contributed by atoms with E-state index in [-0.39, 0.29) is 5.91 Å². The van der Waals surface area contributed by atoms with Crippen molar-refractivity contribution in [3.05, 3.63) is 48.3 Å². The van der Waals surface area contributed by atoms with Gasteiger partial charge in [0.2, 0.25) is 5.91 Å². The van der Waals surface area contributed by atoms with Crippen molar-refractivity contribution in [3.8, 4) is 5.75 Å². The number of nitrogens with one attached hydrogen (secondary N) is 1. The van der Waals surface area contributed by atoms with E-state index >= 15 is 0 Å². The average molecular weight is 299 g/mol. The minimum Gasteiger partial charge on any atom is -0.497 e. The lowest BCUT2D eigenvalue weighted by Crippen LogP contribution is -2.14. The molecule has 0 bridgehead atoms. The third kappa shape index (κ3) is 3.17. The largest absolute Gasteiger partial charge is 0.497 e. The van der Waals surface area contributed by atoms with E-state index < -0.39 is 0 Å². The number of ether oxygens (including phenoxy) is 1. The number of nitrogens with zero attached hydrogens (tertiary/aromatic N) is 2. The van der Waals surface area contributed by atoms with Crippen molar-refractivity contribution in [2.24, 2.45) is 0 Å². The van der Waals surface area contributed by atoms with Gasteiger partial charge in [-0.15, -0.1) is 0 Å². The van der Waals surface area contributed by atoms with Gasteiger partial charge in [-0.05, 0) is 35.9 Å². The number of carbonyl (C=O) groups is 1. The van der Waals surface area contributed by atoms with Crippen molar-refractivity contribution >= 4 is 32.6 Å². The van der Waals surface area contributed by atoms with Gasteiger partial charge < -0.3 is 10.1 Å². The molecular weight excluding hydrogens is 286 g/mol. The second kappa shape index (κ2) is 5.88. The molecule has 2 aromatic heterocycles. The van der Waals surface area contributed by atoms with Crippen LogP contribution in [0.4, 0.5) is 5.13 Å². The van der Waals surface area contributed by atoms with E-state index in [2.05, 4.69) is 15.3 Å². The maximum atomic E-state index is 12.0. The van der Waals surface area contributed by atoms with Crippen molar-refractivity contribution < 1.29 is 9.53 Å². The van der Waals surface area contributed by atoms with E-state index in [9.17, 15) is 4.79 Å². The zero-order valence-corrected chi connectivity index (χ0v) is 12.2. The summed E-state index contributed by atoms with van der Waals surface area (Å²) in [6, 6.07) is 9.28. The molecule has 1 aromatic carbocycles. The van der Waals surface area contributed by atoms with Gasteiger partial charge >= 0.3 is 0 Å². The van der Waals surface area contributed by atoms with Crippen molar-refractivity contribution in [1.29, 1.82) is 0 Å². The third-order valence-corrected chi connectivity index (χ3v) is 3.89. The number of benzene rings is 1. The Hall–Kier alpha value is -2.47. The van der Waals surface area contributed by atoms with E-state index in [1.54, 1.807) is 19.5 Å². The Labute approximate surface area is 125 Å². The number of pyridine rings is 1. The van der Waals surface area contributed by atoms with Gasteiger partial charge in [0.05, 0.1) is 23.7 Å². The molecule has 0 aliphatic rings. The summed E-state index contributed by atoms with van der Waals surface area (Å²) < 4.78 is 6.16. The smallest absolute Gasteiger partial charge is 0.230 e. The minimum atomic E-state index is -0.0905. The van der Waals surface area contributed by atoms with Gasteiger partial charge in [0.25, 0.3) is 0 Å². The van der Waals surface area contributed by atoms with Crippen LogP contribution < -0.4 is 10.1 Å². The number of amides is 1. The first-order chi connectivity index (χ1) is 10.2. The van der Waals surface area contributed by atoms with Crippen molar-refractivity contribution in [2.45, 2.75) is 6.42 Å². The zero-order valence-electron chi connectivity index (χ0n) is 11.4. The molecule has 0 radical (unpaired) electrons. The van der Waals surface area contributed by atoms with Gasteiger partial charge in [0, 0.05) is 12.4 Å². The number of hydrogen-bond donors (Lipinski definition) is 1. The molecule has 3 rings (SSSR count). The molecule has 1 amide bonds. The highest BCUT2D eigenvalue weighted by Crippen LogP contribution is 2.29. The van der Waals surface area contributed by atoms with E-state index in [0.717, 1.165) is 21.5 Å². The summed E-state index contributed by atoms with van der Waals surface area (Å²) in [5.74, 6) is 0.688. The van der Waals surface area contributed by atoms with Crippen LogP contribution in [-0.2, 0) is 11.2 Å². The second-order valence-corrected chi connectivity index (χ2v) is 5.46. The molecule has 0 fully saturated rings. The van der Waals surface area contributed by atoms with Gasteiger partial charge in [-0.3, -0.25) is 9.78 Å². The monoisotopic (exact) mass is 299 g/mol. The lowest BCUT2D eigenvalue weighted by molar-refractivity contribution is -0.115. The van der Waals surface area contributed by atoms with Gasteiger partial charge in [0.15, 0.2) is 5.13 Å². The van der Waals surface area contributed by atoms with Crippen LogP contribution in [0, 0.1) is 0 Å². The van der Waals surface area contributed by atoms with Crippen molar-refractivity contribution in [2.75, 3.05) is 12.4 Å². The predicted molar refractivity (Wildman–Crippen MR) is 82.7 cm³/mol. The Kier molecular flexibility index (Phi) is 3.79. The molecule has 3 aromatic rings. The predicted octanol–water partition coefficient (Wildman–Crippen LogP) is 2.88. The number of anilines is 1. The summed E-state index contributed by atoms with van der Waals surface area (Å²) in [5, 5.41) is 3.42. The van der Waals surface area contributed by atoms with Crippen molar-refractivity contribution in [3.63, 3.8) is 0 Å². The highest BCUT2D eigenvalue weighted by Gasteiger charge is 2.09. The van der Waals surface area contributed by atoms with Crippen LogP contribution in [0.1, 0.15) is 5.56 Å². The zero-order chi connectivity index (χ0) is 14.7. The van der Waals surface area contributed by atoms with Crippen LogP contribution in [0.15, 0.2) is 42.7 Å². The third-order valence-electron chi connectivity index (χ3n) is 2.96. The summed E-state index contributed by atoms with van der Waals surface area (Å²) in [6.45, 7) is 0. The van der Waals surface area contributed by atoms with Gasteiger partial charge in [0.1, 0.15) is 5.75 Å². The van der Waals surface area contributed by atoms with Gasteiger partial charge in [-0.1, -0.05) is 11.3 Å². The quantitative estimate of drug-likeness (QED) is 0.804. The number of methoxy groups -OCH3 is 1. The molecule has 2 heterocycles. The summed E-state index contributed by atoms with van der Waals surface area (Å²) in [5.41, 5.74) is 1.77. The number of carbonyl (C=O) groups excluding carboxylic acids is 1. The maximum Gasteiger partial charge on any atom is 0.230 e. The second-order valence-electron chi connectivity index (χ2n) is 4.43. The maximum absolute atomic E-state index is 12.0. The normalized spacial score (nSPS) is 10.5. The molecule has 0 saturated heterocycles. The Morgan fingerprint density at radius 1 is 1.29 bits per heavy atom. The molecule has 0 unspecified atom stereocenters. The first kappa shape index (κ1) is 13.5. The van der Waals surface area contributed by atoms with Crippen LogP contribution in [0.25, 0.3) is 10.2 Å². The molecule has 6 heteroatoms. The average Bonchev–Trinajstić information content (AvgIpc) is 2.89. The number of rotatable bonds is 4. The van der Waals surface area contributed by atoms with Crippen LogP contribution in [0.5, 0.6) is 5.75 Å². The first-order valence-electron chi connectivity index (χ1n) is 6.38. The SMILES string of the molecule is COc1ccc2nc(NC(=O)Cc3ccncc3)sc2c1. The number of hydrogen-bond acceptors (Lipinski definition) is 5. The van der Waals surface area contributed by atoms with Gasteiger partial charge in [-0.2, -0.15) is 0 Å². The molecule has 5 nitrogen and oxygen atoms in total. The fraction of sp³-hybridized carbons (Fsp3) is 0.133. The van der Waals surface area contributed by atoms with Crippen LogP contribution in [0.2, 0.25) is 0 Å². The van der Waals surface area contributed by atoms with Crippen molar-refractivity contribution in [1.82, 2.24) is 9.97 Å². The summed E-state index contributed by atoms with van der Waals surface area (Å²) >= 11 is 1.43. The Morgan fingerprint density at radius 2 is 2.10 bits per heavy atom. The Bertz CT molecular complexity index is 771. The summed E-state index contributed by atoms with van der Waals surface area (Å²) in [7, 11) is 1.62. The molecule has 0 saturated carbocycles. The fourth-order valence-electron chi connectivity index (χ4n) is 1.93. The molecule has 0 aliphatic carbocycles. The van der Waals surface area contributed by atoms with Crippen LogP contribution in [-0.4, -0.2) is 23.0 Å². The minimum absolute atomic E-state index is 0.0905. The molecule has 21 heavy (non-hydrogen) atoms. The Balaban J connectivity index is 1.74. The molecular formula is C15H13N3O2S. The molecule has 106 valence electrons. The number of thiazole rings is 1. The number of aromatic nitrogens is 2. The summed E-state index contributed by atoms with van der Waals surface area (Å²) in [6.07, 6.45) is 3.65. The first-order valence-corrected chi connectivity index (χ1v) is 7.19. The molecule has 0 aliphatic heterocycles. The molecule has 0 spiro atoms. The molecule has 1 N–H and O–H groups in total. The van der Waals surface area contributed by atoms with E-state index in [0.29, 0.717) is 11.6 Å². The van der Waals surface area contributed by atoms with Crippen LogP contribution >= 0.6 is 11.3 Å². The standard InChI is InChI=1S/C15H13N3O2S/c1-20-11-2-3-12-13(9-11)21-15(17-12)18-14(19)8-10-4-6-16-7-5-10/h2-7,9H,8H2,1H3,(H,17,18,19). The summed E-state index contributed by atoms with van der Waals surface area (Å²) in [4.78, 5) is 20.3. The fourth-order valence-corrected chi connectivity index (χ4v) is 2.85. The highest BCUT2D eigenvalue weighted by atomic mass is 32.1. The van der Waals surface area contributed by atoms with Crippen LogP contribution in [0.3, 0.4) is 0 Å². The lowest BCUT2D eigenvalue weighted by atomic mass is 10.2. The topological polar surface area (TPSA) is 64.1 Å². The Morgan fingerprint density at radius 3 is 2.86 bits per heavy atom. The van der Waals surface area contributed by atoms with E-state index in [1.807, 2.05) is 30.3 Å². The van der Waals surface area contributed by atoms with Gasteiger partial charge in [-0.25, -0.2) is 4.98 Å². The van der Waals surface area contributed by atoms with E-state index in [4.69, 9.17) is 4.74 Å². The lowest BCUT2D eigenvalue weighted by Gasteiger charge is -2.00. The highest BCUT2D eigenvalue weighted by molar-refractivity contribution is 7.22. The molecule has 0 atom stereocenters. The van der Waals surface area contributed by atoms with E-state index in [1.165, 1.54) is 11.3 Å².